The van der Waals surface area contributed by atoms with Gasteiger partial charge in [0.1, 0.15) is 0 Å². The lowest BCUT2D eigenvalue weighted by molar-refractivity contribution is 0.0899. The van der Waals surface area contributed by atoms with E-state index in [2.05, 4.69) is 29.5 Å². The normalized spacial score (nSPS) is 25.1. The first kappa shape index (κ1) is 15.0. The molecule has 0 radical (unpaired) electrons. The van der Waals surface area contributed by atoms with Gasteiger partial charge in [-0.05, 0) is 44.9 Å². The molecule has 1 aliphatic heterocycles. The molecule has 0 saturated carbocycles. The summed E-state index contributed by atoms with van der Waals surface area (Å²) >= 11 is 0. The molecular formula is C18H23N3O. The number of carbonyl (C=O) groups is 1. The predicted octanol–water partition coefficient (Wildman–Crippen LogP) is 2.66. The number of rotatable bonds is 2. The lowest BCUT2D eigenvalue weighted by Crippen LogP contribution is -2.55. The van der Waals surface area contributed by atoms with Gasteiger partial charge in [-0.1, -0.05) is 25.1 Å². The molecular weight excluding hydrogens is 274 g/mol. The van der Waals surface area contributed by atoms with Crippen molar-refractivity contribution >= 4 is 16.8 Å². The number of benzene rings is 1. The van der Waals surface area contributed by atoms with Crippen molar-refractivity contribution in [2.75, 3.05) is 6.54 Å². The van der Waals surface area contributed by atoms with Crippen molar-refractivity contribution in [2.24, 2.45) is 5.92 Å². The summed E-state index contributed by atoms with van der Waals surface area (Å²) in [6.45, 7) is 7.29. The van der Waals surface area contributed by atoms with E-state index in [-0.39, 0.29) is 11.9 Å². The summed E-state index contributed by atoms with van der Waals surface area (Å²) in [5.41, 5.74) is 2.45. The van der Waals surface area contributed by atoms with Gasteiger partial charge in [-0.2, -0.15) is 0 Å². The number of amides is 1. The number of fused-ring (bicyclic) bond motifs is 1. The molecule has 1 aliphatic rings. The smallest absolute Gasteiger partial charge is 0.252 e. The zero-order chi connectivity index (χ0) is 15.7. The standard InChI is InChI=1S/C18H23N3O/c1-11-8-9-19-13(3)17(11)21-18(22)15-10-12(2)20-16-7-5-4-6-14(15)16/h4-7,10-11,13,17,19H,8-9H2,1-3H3,(H,21,22). The van der Waals surface area contributed by atoms with Crippen LogP contribution < -0.4 is 10.6 Å². The molecule has 0 aliphatic carbocycles. The molecule has 1 fully saturated rings. The van der Waals surface area contributed by atoms with Crippen LogP contribution in [0.15, 0.2) is 30.3 Å². The molecule has 2 heterocycles. The van der Waals surface area contributed by atoms with E-state index >= 15 is 0 Å². The van der Waals surface area contributed by atoms with Crippen LogP contribution in [-0.4, -0.2) is 29.5 Å². The number of piperidine rings is 1. The summed E-state index contributed by atoms with van der Waals surface area (Å²) in [7, 11) is 0. The minimum Gasteiger partial charge on any atom is -0.347 e. The second-order valence-electron chi connectivity index (χ2n) is 6.34. The Bertz CT molecular complexity index is 688. The van der Waals surface area contributed by atoms with Gasteiger partial charge in [0.05, 0.1) is 11.1 Å². The summed E-state index contributed by atoms with van der Waals surface area (Å²) in [5, 5.41) is 7.58. The molecule has 3 rings (SSSR count). The van der Waals surface area contributed by atoms with Gasteiger partial charge >= 0.3 is 0 Å². The van der Waals surface area contributed by atoms with Gasteiger partial charge in [-0.3, -0.25) is 9.78 Å². The van der Waals surface area contributed by atoms with Crippen LogP contribution in [0.4, 0.5) is 0 Å². The third-order valence-electron chi connectivity index (χ3n) is 4.60. The zero-order valence-corrected chi connectivity index (χ0v) is 13.4. The van der Waals surface area contributed by atoms with E-state index in [9.17, 15) is 4.79 Å². The molecule has 1 aromatic heterocycles. The molecule has 22 heavy (non-hydrogen) atoms. The SMILES string of the molecule is Cc1cc(C(=O)NC2C(C)CCNC2C)c2ccccc2n1. The Morgan fingerprint density at radius 2 is 2.09 bits per heavy atom. The fraction of sp³-hybridized carbons (Fsp3) is 0.444. The fourth-order valence-electron chi connectivity index (χ4n) is 3.33. The third-order valence-corrected chi connectivity index (χ3v) is 4.60. The van der Waals surface area contributed by atoms with Gasteiger partial charge in [0.2, 0.25) is 0 Å². The molecule has 3 atom stereocenters. The Kier molecular flexibility index (Phi) is 4.12. The molecule has 0 bridgehead atoms. The number of nitrogens with zero attached hydrogens (tertiary/aromatic N) is 1. The third kappa shape index (κ3) is 2.83. The fourth-order valence-corrected chi connectivity index (χ4v) is 3.33. The molecule has 3 unspecified atom stereocenters. The van der Waals surface area contributed by atoms with Crippen molar-refractivity contribution < 1.29 is 4.79 Å². The molecule has 0 spiro atoms. The summed E-state index contributed by atoms with van der Waals surface area (Å²) in [6.07, 6.45) is 1.09. The van der Waals surface area contributed by atoms with Crippen LogP contribution >= 0.6 is 0 Å². The van der Waals surface area contributed by atoms with Crippen LogP contribution in [0.25, 0.3) is 10.9 Å². The Labute approximate surface area is 131 Å². The number of aryl methyl sites for hydroxylation is 1. The Morgan fingerprint density at radius 3 is 2.86 bits per heavy atom. The molecule has 4 heteroatoms. The highest BCUT2D eigenvalue weighted by molar-refractivity contribution is 6.06. The van der Waals surface area contributed by atoms with E-state index in [1.807, 2.05) is 37.3 Å². The molecule has 1 amide bonds. The van der Waals surface area contributed by atoms with Crippen LogP contribution in [0.1, 0.15) is 36.3 Å². The molecule has 2 N–H and O–H groups in total. The van der Waals surface area contributed by atoms with E-state index < -0.39 is 0 Å². The van der Waals surface area contributed by atoms with Gasteiger partial charge in [0.25, 0.3) is 5.91 Å². The van der Waals surface area contributed by atoms with Gasteiger partial charge in [-0.15, -0.1) is 0 Å². The minimum atomic E-state index is -0.00546. The molecule has 116 valence electrons. The number of hydrogen-bond acceptors (Lipinski definition) is 3. The summed E-state index contributed by atoms with van der Waals surface area (Å²) in [6, 6.07) is 10.1. The van der Waals surface area contributed by atoms with Crippen molar-refractivity contribution in [2.45, 2.75) is 39.3 Å². The highest BCUT2D eigenvalue weighted by Gasteiger charge is 2.29. The quantitative estimate of drug-likeness (QED) is 0.896. The monoisotopic (exact) mass is 297 g/mol. The van der Waals surface area contributed by atoms with Crippen molar-refractivity contribution in [1.29, 1.82) is 0 Å². The van der Waals surface area contributed by atoms with Crippen LogP contribution in [0, 0.1) is 12.8 Å². The van der Waals surface area contributed by atoms with Gasteiger partial charge in [0, 0.05) is 23.2 Å². The maximum atomic E-state index is 12.8. The van der Waals surface area contributed by atoms with Crippen LogP contribution in [-0.2, 0) is 0 Å². The summed E-state index contributed by atoms with van der Waals surface area (Å²) in [4.78, 5) is 17.3. The van der Waals surface area contributed by atoms with E-state index in [4.69, 9.17) is 0 Å². The lowest BCUT2D eigenvalue weighted by Gasteiger charge is -2.36. The largest absolute Gasteiger partial charge is 0.347 e. The highest BCUT2D eigenvalue weighted by atomic mass is 16.1. The molecule has 1 saturated heterocycles. The average molecular weight is 297 g/mol. The predicted molar refractivity (Wildman–Crippen MR) is 89.0 cm³/mol. The number of nitrogens with one attached hydrogen (secondary N) is 2. The zero-order valence-electron chi connectivity index (χ0n) is 13.4. The summed E-state index contributed by atoms with van der Waals surface area (Å²) < 4.78 is 0. The van der Waals surface area contributed by atoms with Crippen molar-refractivity contribution in [3.05, 3.63) is 41.6 Å². The maximum Gasteiger partial charge on any atom is 0.252 e. The maximum absolute atomic E-state index is 12.8. The second-order valence-corrected chi connectivity index (χ2v) is 6.34. The first-order chi connectivity index (χ1) is 10.6. The number of pyridine rings is 1. The molecule has 1 aromatic carbocycles. The van der Waals surface area contributed by atoms with Gasteiger partial charge in [0.15, 0.2) is 0 Å². The van der Waals surface area contributed by atoms with Crippen LogP contribution in [0.2, 0.25) is 0 Å². The van der Waals surface area contributed by atoms with E-state index in [0.717, 1.165) is 29.6 Å². The lowest BCUT2D eigenvalue weighted by atomic mass is 9.89. The van der Waals surface area contributed by atoms with E-state index in [1.165, 1.54) is 0 Å². The Balaban J connectivity index is 1.92. The molecule has 2 aromatic rings. The topological polar surface area (TPSA) is 54.0 Å². The summed E-state index contributed by atoms with van der Waals surface area (Å²) in [5.74, 6) is 0.475. The first-order valence-electron chi connectivity index (χ1n) is 7.97. The van der Waals surface area contributed by atoms with Crippen molar-refractivity contribution in [1.82, 2.24) is 15.6 Å². The number of hydrogen-bond donors (Lipinski definition) is 2. The number of para-hydroxylation sites is 1. The van der Waals surface area contributed by atoms with Crippen LogP contribution in [0.5, 0.6) is 0 Å². The van der Waals surface area contributed by atoms with Crippen molar-refractivity contribution in [3.8, 4) is 0 Å². The highest BCUT2D eigenvalue weighted by Crippen LogP contribution is 2.20. The number of aromatic nitrogens is 1. The number of carbonyl (C=O) groups excluding carboxylic acids is 1. The van der Waals surface area contributed by atoms with E-state index in [1.54, 1.807) is 0 Å². The Morgan fingerprint density at radius 1 is 1.32 bits per heavy atom. The van der Waals surface area contributed by atoms with Gasteiger partial charge < -0.3 is 10.6 Å². The van der Waals surface area contributed by atoms with Gasteiger partial charge in [-0.25, -0.2) is 0 Å². The first-order valence-corrected chi connectivity index (χ1v) is 7.97. The molecule has 4 nitrogen and oxygen atoms in total. The van der Waals surface area contributed by atoms with Crippen LogP contribution in [0.3, 0.4) is 0 Å². The Hall–Kier alpha value is -1.94. The average Bonchev–Trinajstić information content (AvgIpc) is 2.50. The van der Waals surface area contributed by atoms with Crippen molar-refractivity contribution in [3.63, 3.8) is 0 Å². The minimum absolute atomic E-state index is 0.00546. The second kappa shape index (κ2) is 6.05. The van der Waals surface area contributed by atoms with E-state index in [0.29, 0.717) is 17.5 Å².